The van der Waals surface area contributed by atoms with Gasteiger partial charge in [-0.15, -0.1) is 0 Å². The Balaban J connectivity index is 1.56. The molecule has 2 aromatic heterocycles. The van der Waals surface area contributed by atoms with E-state index in [-0.39, 0.29) is 5.91 Å². The SMILES string of the molecule is Cc1ccoc1C(=O)NCCc1nccn1Cc1ccccc1. The summed E-state index contributed by atoms with van der Waals surface area (Å²) in [6.45, 7) is 3.15. The highest BCUT2D eigenvalue weighted by molar-refractivity contribution is 5.92. The molecule has 0 bridgehead atoms. The van der Waals surface area contributed by atoms with Crippen molar-refractivity contribution in [2.75, 3.05) is 6.54 Å². The van der Waals surface area contributed by atoms with Crippen LogP contribution in [0.3, 0.4) is 0 Å². The third-order valence-corrected chi connectivity index (χ3v) is 3.70. The molecule has 0 saturated carbocycles. The van der Waals surface area contributed by atoms with Crippen molar-refractivity contribution in [3.8, 4) is 0 Å². The smallest absolute Gasteiger partial charge is 0.287 e. The first-order valence-corrected chi connectivity index (χ1v) is 7.60. The summed E-state index contributed by atoms with van der Waals surface area (Å²) in [5.74, 6) is 1.14. The molecule has 1 N–H and O–H groups in total. The molecule has 1 amide bonds. The highest BCUT2D eigenvalue weighted by atomic mass is 16.3. The highest BCUT2D eigenvalue weighted by Gasteiger charge is 2.12. The van der Waals surface area contributed by atoms with Crippen molar-refractivity contribution in [3.63, 3.8) is 0 Å². The van der Waals surface area contributed by atoms with Crippen molar-refractivity contribution in [2.45, 2.75) is 19.9 Å². The van der Waals surface area contributed by atoms with Gasteiger partial charge in [-0.05, 0) is 18.6 Å². The number of carbonyl (C=O) groups excluding carboxylic acids is 1. The quantitative estimate of drug-likeness (QED) is 0.761. The van der Waals surface area contributed by atoms with E-state index in [0.29, 0.717) is 18.7 Å². The largest absolute Gasteiger partial charge is 0.459 e. The summed E-state index contributed by atoms with van der Waals surface area (Å²) in [4.78, 5) is 16.4. The summed E-state index contributed by atoms with van der Waals surface area (Å²) in [7, 11) is 0. The number of furan rings is 1. The topological polar surface area (TPSA) is 60.1 Å². The number of nitrogens with one attached hydrogen (secondary N) is 1. The maximum absolute atomic E-state index is 12.0. The van der Waals surface area contributed by atoms with E-state index in [4.69, 9.17) is 4.42 Å². The van der Waals surface area contributed by atoms with E-state index in [1.165, 1.54) is 11.8 Å². The summed E-state index contributed by atoms with van der Waals surface area (Å²) >= 11 is 0. The third-order valence-electron chi connectivity index (χ3n) is 3.70. The molecule has 5 nitrogen and oxygen atoms in total. The van der Waals surface area contributed by atoms with Gasteiger partial charge in [0.15, 0.2) is 5.76 Å². The first kappa shape index (κ1) is 15.1. The van der Waals surface area contributed by atoms with E-state index in [1.54, 1.807) is 12.3 Å². The van der Waals surface area contributed by atoms with Crippen LogP contribution in [0.1, 0.15) is 27.5 Å². The number of benzene rings is 1. The molecule has 0 aliphatic rings. The summed E-state index contributed by atoms with van der Waals surface area (Å²) < 4.78 is 7.28. The molecule has 5 heteroatoms. The number of aromatic nitrogens is 2. The summed E-state index contributed by atoms with van der Waals surface area (Å²) in [5.41, 5.74) is 2.06. The molecule has 2 heterocycles. The van der Waals surface area contributed by atoms with E-state index in [0.717, 1.165) is 17.9 Å². The van der Waals surface area contributed by atoms with Crippen LogP contribution in [0, 0.1) is 6.92 Å². The molecule has 0 saturated heterocycles. The van der Waals surface area contributed by atoms with Crippen LogP contribution in [-0.4, -0.2) is 22.0 Å². The van der Waals surface area contributed by atoms with Crippen LogP contribution in [-0.2, 0) is 13.0 Å². The number of hydrogen-bond acceptors (Lipinski definition) is 3. The van der Waals surface area contributed by atoms with Gasteiger partial charge in [-0.25, -0.2) is 4.98 Å². The molecule has 0 unspecified atom stereocenters. The Labute approximate surface area is 135 Å². The number of nitrogens with zero attached hydrogens (tertiary/aromatic N) is 2. The van der Waals surface area contributed by atoms with E-state index >= 15 is 0 Å². The fraction of sp³-hybridized carbons (Fsp3) is 0.222. The first-order valence-electron chi connectivity index (χ1n) is 7.60. The zero-order chi connectivity index (χ0) is 16.1. The predicted molar refractivity (Wildman–Crippen MR) is 87.3 cm³/mol. The Hall–Kier alpha value is -2.82. The Bertz CT molecular complexity index is 774. The Kier molecular flexibility index (Phi) is 4.57. The summed E-state index contributed by atoms with van der Waals surface area (Å²) in [6, 6.07) is 12.0. The van der Waals surface area contributed by atoms with Crippen LogP contribution in [0.4, 0.5) is 0 Å². The molecule has 23 heavy (non-hydrogen) atoms. The van der Waals surface area contributed by atoms with Gasteiger partial charge in [-0.2, -0.15) is 0 Å². The molecule has 0 radical (unpaired) electrons. The van der Waals surface area contributed by atoms with Crippen LogP contribution in [0.15, 0.2) is 59.5 Å². The van der Waals surface area contributed by atoms with Crippen molar-refractivity contribution >= 4 is 5.91 Å². The average molecular weight is 309 g/mol. The van der Waals surface area contributed by atoms with Gasteiger partial charge >= 0.3 is 0 Å². The van der Waals surface area contributed by atoms with E-state index < -0.39 is 0 Å². The maximum Gasteiger partial charge on any atom is 0.287 e. The van der Waals surface area contributed by atoms with Gasteiger partial charge < -0.3 is 14.3 Å². The molecule has 3 rings (SSSR count). The number of aryl methyl sites for hydroxylation is 1. The minimum Gasteiger partial charge on any atom is -0.459 e. The van der Waals surface area contributed by atoms with Crippen molar-refractivity contribution in [2.24, 2.45) is 0 Å². The second-order valence-electron chi connectivity index (χ2n) is 5.40. The Morgan fingerprint density at radius 3 is 2.83 bits per heavy atom. The van der Waals surface area contributed by atoms with Crippen LogP contribution >= 0.6 is 0 Å². The van der Waals surface area contributed by atoms with E-state index in [9.17, 15) is 4.79 Å². The molecule has 118 valence electrons. The predicted octanol–water partition coefficient (Wildman–Crippen LogP) is 2.81. The Morgan fingerprint density at radius 2 is 2.09 bits per heavy atom. The van der Waals surface area contributed by atoms with E-state index in [2.05, 4.69) is 27.0 Å². The molecule has 0 spiro atoms. The second-order valence-corrected chi connectivity index (χ2v) is 5.40. The fourth-order valence-electron chi connectivity index (χ4n) is 2.47. The number of rotatable bonds is 6. The zero-order valence-corrected chi connectivity index (χ0v) is 13.0. The normalized spacial score (nSPS) is 10.7. The molecular formula is C18H19N3O2. The summed E-state index contributed by atoms with van der Waals surface area (Å²) in [5, 5.41) is 2.87. The van der Waals surface area contributed by atoms with Gasteiger partial charge in [0, 0.05) is 37.5 Å². The van der Waals surface area contributed by atoms with Gasteiger partial charge in [0.05, 0.1) is 6.26 Å². The fourth-order valence-corrected chi connectivity index (χ4v) is 2.47. The number of carbonyl (C=O) groups is 1. The lowest BCUT2D eigenvalue weighted by Crippen LogP contribution is -2.26. The van der Waals surface area contributed by atoms with Crippen LogP contribution in [0.25, 0.3) is 0 Å². The molecular weight excluding hydrogens is 290 g/mol. The zero-order valence-electron chi connectivity index (χ0n) is 13.0. The van der Waals surface area contributed by atoms with Gasteiger partial charge in [0.1, 0.15) is 5.82 Å². The first-order chi connectivity index (χ1) is 11.2. The van der Waals surface area contributed by atoms with Gasteiger partial charge in [0.25, 0.3) is 5.91 Å². The molecule has 1 aromatic carbocycles. The van der Waals surface area contributed by atoms with Gasteiger partial charge in [0.2, 0.25) is 0 Å². The number of imidazole rings is 1. The van der Waals surface area contributed by atoms with E-state index in [1.807, 2.05) is 31.3 Å². The lowest BCUT2D eigenvalue weighted by molar-refractivity contribution is 0.0925. The number of amides is 1. The van der Waals surface area contributed by atoms with Gasteiger partial charge in [-0.1, -0.05) is 30.3 Å². The summed E-state index contributed by atoms with van der Waals surface area (Å²) in [6.07, 6.45) is 5.94. The standard InChI is InChI=1S/C18H19N3O2/c1-14-8-12-23-17(14)18(22)20-9-7-16-19-10-11-21(16)13-15-5-3-2-4-6-15/h2-6,8,10-12H,7,9,13H2,1H3,(H,20,22). The van der Waals surface area contributed by atoms with Crippen LogP contribution in [0.5, 0.6) is 0 Å². The minimum absolute atomic E-state index is 0.186. The highest BCUT2D eigenvalue weighted by Crippen LogP contribution is 2.09. The van der Waals surface area contributed by atoms with Crippen LogP contribution < -0.4 is 5.32 Å². The number of hydrogen-bond donors (Lipinski definition) is 1. The minimum atomic E-state index is -0.186. The maximum atomic E-state index is 12.0. The molecule has 0 aliphatic heterocycles. The third kappa shape index (κ3) is 3.69. The van der Waals surface area contributed by atoms with Crippen molar-refractivity contribution in [3.05, 3.63) is 77.8 Å². The Morgan fingerprint density at radius 1 is 1.26 bits per heavy atom. The lowest BCUT2D eigenvalue weighted by atomic mass is 10.2. The van der Waals surface area contributed by atoms with Crippen molar-refractivity contribution in [1.29, 1.82) is 0 Å². The van der Waals surface area contributed by atoms with Crippen LogP contribution in [0.2, 0.25) is 0 Å². The van der Waals surface area contributed by atoms with Crippen molar-refractivity contribution < 1.29 is 9.21 Å². The molecule has 0 atom stereocenters. The molecule has 0 fully saturated rings. The lowest BCUT2D eigenvalue weighted by Gasteiger charge is -2.08. The molecule has 0 aliphatic carbocycles. The average Bonchev–Trinajstić information content (AvgIpc) is 3.17. The van der Waals surface area contributed by atoms with Gasteiger partial charge in [-0.3, -0.25) is 4.79 Å². The monoisotopic (exact) mass is 309 g/mol. The molecule has 3 aromatic rings. The van der Waals surface area contributed by atoms with Crippen molar-refractivity contribution in [1.82, 2.24) is 14.9 Å². The second kappa shape index (κ2) is 6.96.